The number of rotatable bonds is 5. The number of nitrogens with one attached hydrogen (secondary N) is 3. The van der Waals surface area contributed by atoms with Crippen LogP contribution in [0, 0.1) is 10.1 Å². The lowest BCUT2D eigenvalue weighted by Gasteiger charge is -2.07. The van der Waals surface area contributed by atoms with Crippen LogP contribution in [0.4, 0.5) is 11.4 Å². The maximum absolute atomic E-state index is 11.6. The topological polar surface area (TPSA) is 130 Å². The summed E-state index contributed by atoms with van der Waals surface area (Å²) < 4.78 is 0. The monoisotopic (exact) mass is 291 g/mol. The van der Waals surface area contributed by atoms with Gasteiger partial charge in [0.2, 0.25) is 5.91 Å². The Balaban J connectivity index is 2.37. The lowest BCUT2D eigenvalue weighted by atomic mass is 10.2. The van der Waals surface area contributed by atoms with Gasteiger partial charge >= 0.3 is 0 Å². The summed E-state index contributed by atoms with van der Waals surface area (Å²) in [6.07, 6.45) is 1.40. The van der Waals surface area contributed by atoms with E-state index in [0.717, 1.165) is 0 Å². The van der Waals surface area contributed by atoms with Crippen LogP contribution in [0.15, 0.2) is 23.3 Å². The van der Waals surface area contributed by atoms with Crippen molar-refractivity contribution in [3.63, 3.8) is 0 Å². The minimum atomic E-state index is -0.589. The number of fused-ring (bicyclic) bond motifs is 1. The highest BCUT2D eigenvalue weighted by molar-refractivity contribution is 5.86. The highest BCUT2D eigenvalue weighted by Gasteiger charge is 2.17. The third kappa shape index (κ3) is 3.14. The summed E-state index contributed by atoms with van der Waals surface area (Å²) >= 11 is 0. The molecule has 1 aromatic heterocycles. The molecule has 9 nitrogen and oxygen atoms in total. The highest BCUT2D eigenvalue weighted by Crippen LogP contribution is 2.27. The molecule has 2 aromatic rings. The molecule has 0 saturated carbocycles. The van der Waals surface area contributed by atoms with Crippen LogP contribution in [0.3, 0.4) is 0 Å². The molecule has 2 rings (SSSR count). The summed E-state index contributed by atoms with van der Waals surface area (Å²) in [7, 11) is 1.51. The first-order chi connectivity index (χ1) is 10.0. The summed E-state index contributed by atoms with van der Waals surface area (Å²) in [5, 5.41) is 16.5. The van der Waals surface area contributed by atoms with Gasteiger partial charge in [-0.15, -0.1) is 0 Å². The predicted octanol–water partition coefficient (Wildman–Crippen LogP) is 0.379. The average molecular weight is 291 g/mol. The summed E-state index contributed by atoms with van der Waals surface area (Å²) in [4.78, 5) is 39.6. The molecule has 0 atom stereocenters. The standard InChI is InChI=1S/C12H13N5O4/c1-13-11(18)2-3-14-9-5-8-7(4-10(9)17(20)21)12(19)16-6-15-8/h4-6,14H,2-3H2,1H3,(H,13,18)(H,15,16,19). The Hall–Kier alpha value is -2.97. The fraction of sp³-hybridized carbons (Fsp3) is 0.250. The van der Waals surface area contributed by atoms with Crippen LogP contribution in [-0.2, 0) is 4.79 Å². The van der Waals surface area contributed by atoms with E-state index >= 15 is 0 Å². The molecule has 0 unspecified atom stereocenters. The van der Waals surface area contributed by atoms with Crippen molar-refractivity contribution in [3.8, 4) is 0 Å². The van der Waals surface area contributed by atoms with Crippen molar-refractivity contribution >= 4 is 28.2 Å². The minimum Gasteiger partial charge on any atom is -0.379 e. The summed E-state index contributed by atoms with van der Waals surface area (Å²) in [5.41, 5.74) is -0.126. The molecule has 3 N–H and O–H groups in total. The van der Waals surface area contributed by atoms with Gasteiger partial charge in [0.1, 0.15) is 5.69 Å². The zero-order chi connectivity index (χ0) is 15.4. The quantitative estimate of drug-likeness (QED) is 0.539. The number of aromatic amines is 1. The molecule has 1 heterocycles. The van der Waals surface area contributed by atoms with E-state index in [9.17, 15) is 19.7 Å². The van der Waals surface area contributed by atoms with Crippen LogP contribution in [-0.4, -0.2) is 34.4 Å². The Labute approximate surface area is 118 Å². The molecule has 9 heteroatoms. The van der Waals surface area contributed by atoms with Gasteiger partial charge in [0.15, 0.2) is 0 Å². The lowest BCUT2D eigenvalue weighted by Crippen LogP contribution is -2.21. The van der Waals surface area contributed by atoms with E-state index in [-0.39, 0.29) is 35.6 Å². The largest absolute Gasteiger partial charge is 0.379 e. The Kier molecular flexibility index (Phi) is 4.12. The molecule has 0 saturated heterocycles. The fourth-order valence-corrected chi connectivity index (χ4v) is 1.83. The van der Waals surface area contributed by atoms with E-state index in [1.54, 1.807) is 0 Å². The normalized spacial score (nSPS) is 10.3. The van der Waals surface area contributed by atoms with Crippen molar-refractivity contribution in [2.45, 2.75) is 6.42 Å². The molecule has 21 heavy (non-hydrogen) atoms. The Morgan fingerprint density at radius 1 is 1.48 bits per heavy atom. The molecular weight excluding hydrogens is 278 g/mol. The van der Waals surface area contributed by atoms with E-state index in [4.69, 9.17) is 0 Å². The van der Waals surface area contributed by atoms with Crippen LogP contribution in [0.25, 0.3) is 10.9 Å². The molecule has 0 fully saturated rings. The summed E-state index contributed by atoms with van der Waals surface area (Å²) in [6.45, 7) is 0.231. The van der Waals surface area contributed by atoms with E-state index in [1.165, 1.54) is 25.5 Å². The predicted molar refractivity (Wildman–Crippen MR) is 76.2 cm³/mol. The Morgan fingerprint density at radius 2 is 2.24 bits per heavy atom. The maximum atomic E-state index is 11.6. The number of nitro groups is 1. The van der Waals surface area contributed by atoms with Crippen molar-refractivity contribution < 1.29 is 9.72 Å². The second kappa shape index (κ2) is 5.99. The average Bonchev–Trinajstić information content (AvgIpc) is 2.46. The molecule has 0 aliphatic carbocycles. The molecule has 1 amide bonds. The van der Waals surface area contributed by atoms with Crippen molar-refractivity contribution in [2.24, 2.45) is 0 Å². The maximum Gasteiger partial charge on any atom is 0.293 e. The minimum absolute atomic E-state index is 0.140. The smallest absolute Gasteiger partial charge is 0.293 e. The number of nitrogens with zero attached hydrogens (tertiary/aromatic N) is 2. The Bertz CT molecular complexity index is 755. The number of hydrogen-bond acceptors (Lipinski definition) is 6. The van der Waals surface area contributed by atoms with Crippen LogP contribution in [0.2, 0.25) is 0 Å². The number of carbonyl (C=O) groups is 1. The number of amides is 1. The van der Waals surface area contributed by atoms with Gasteiger partial charge in [-0.05, 0) is 6.07 Å². The van der Waals surface area contributed by atoms with Crippen LogP contribution in [0.1, 0.15) is 6.42 Å². The molecule has 0 spiro atoms. The number of H-pyrrole nitrogens is 1. The van der Waals surface area contributed by atoms with Crippen LogP contribution >= 0.6 is 0 Å². The molecule has 0 aliphatic rings. The number of aromatic nitrogens is 2. The van der Waals surface area contributed by atoms with Gasteiger partial charge in [-0.1, -0.05) is 0 Å². The van der Waals surface area contributed by atoms with Gasteiger partial charge in [-0.25, -0.2) is 4.98 Å². The van der Waals surface area contributed by atoms with Crippen molar-refractivity contribution in [1.29, 1.82) is 0 Å². The van der Waals surface area contributed by atoms with Gasteiger partial charge < -0.3 is 15.6 Å². The first-order valence-electron chi connectivity index (χ1n) is 6.13. The first-order valence-corrected chi connectivity index (χ1v) is 6.13. The summed E-state index contributed by atoms with van der Waals surface area (Å²) in [5.74, 6) is -0.180. The number of nitro benzene ring substituents is 1. The summed E-state index contributed by atoms with van der Waals surface area (Å²) in [6, 6.07) is 2.59. The van der Waals surface area contributed by atoms with Gasteiger partial charge in [0, 0.05) is 26.1 Å². The molecule has 110 valence electrons. The third-order valence-electron chi connectivity index (χ3n) is 2.90. The molecule has 0 radical (unpaired) electrons. The molecular formula is C12H13N5O4. The number of carbonyl (C=O) groups excluding carboxylic acids is 1. The molecule has 1 aromatic carbocycles. The van der Waals surface area contributed by atoms with Gasteiger partial charge in [0.25, 0.3) is 11.2 Å². The molecule has 0 aliphatic heterocycles. The van der Waals surface area contributed by atoms with Gasteiger partial charge in [-0.2, -0.15) is 0 Å². The van der Waals surface area contributed by atoms with E-state index < -0.39 is 10.5 Å². The SMILES string of the molecule is CNC(=O)CCNc1cc2nc[nH]c(=O)c2cc1[N+](=O)[O-]. The van der Waals surface area contributed by atoms with Gasteiger partial charge in [0.05, 0.1) is 22.2 Å². The zero-order valence-corrected chi connectivity index (χ0v) is 11.2. The number of benzene rings is 1. The number of hydrogen-bond donors (Lipinski definition) is 3. The van der Waals surface area contributed by atoms with E-state index in [0.29, 0.717) is 5.52 Å². The second-order valence-corrected chi connectivity index (χ2v) is 4.23. The highest BCUT2D eigenvalue weighted by atomic mass is 16.6. The second-order valence-electron chi connectivity index (χ2n) is 4.23. The Morgan fingerprint density at radius 3 is 2.90 bits per heavy atom. The van der Waals surface area contributed by atoms with E-state index in [2.05, 4.69) is 20.6 Å². The van der Waals surface area contributed by atoms with Crippen LogP contribution in [0.5, 0.6) is 0 Å². The van der Waals surface area contributed by atoms with Crippen molar-refractivity contribution in [1.82, 2.24) is 15.3 Å². The zero-order valence-electron chi connectivity index (χ0n) is 11.2. The first kappa shape index (κ1) is 14.4. The van der Waals surface area contributed by atoms with Crippen molar-refractivity contribution in [2.75, 3.05) is 18.9 Å². The van der Waals surface area contributed by atoms with Crippen LogP contribution < -0.4 is 16.2 Å². The fourth-order valence-electron chi connectivity index (χ4n) is 1.83. The lowest BCUT2D eigenvalue weighted by molar-refractivity contribution is -0.383. The van der Waals surface area contributed by atoms with E-state index in [1.807, 2.05) is 0 Å². The molecule has 0 bridgehead atoms. The van der Waals surface area contributed by atoms with Gasteiger partial charge in [-0.3, -0.25) is 19.7 Å². The third-order valence-corrected chi connectivity index (χ3v) is 2.90. The van der Waals surface area contributed by atoms with Crippen molar-refractivity contribution in [3.05, 3.63) is 38.9 Å². The number of anilines is 1.